The molecular formula is C16H18BrF2NS. The van der Waals surface area contributed by atoms with Gasteiger partial charge in [0.2, 0.25) is 0 Å². The maximum absolute atomic E-state index is 13.3. The number of benzene rings is 1. The first kappa shape index (κ1) is 16.6. The van der Waals surface area contributed by atoms with Gasteiger partial charge < -0.3 is 5.32 Å². The normalized spacial score (nSPS) is 12.6. The van der Waals surface area contributed by atoms with E-state index in [1.54, 1.807) is 17.4 Å². The Balaban J connectivity index is 2.06. The minimum atomic E-state index is -0.793. The number of hydrogen-bond acceptors (Lipinski definition) is 2. The second-order valence-corrected chi connectivity index (χ2v) is 6.95. The van der Waals surface area contributed by atoms with Crippen molar-refractivity contribution in [2.24, 2.45) is 0 Å². The molecule has 114 valence electrons. The van der Waals surface area contributed by atoms with E-state index in [0.717, 1.165) is 29.4 Å². The maximum atomic E-state index is 13.3. The Labute approximate surface area is 136 Å². The van der Waals surface area contributed by atoms with E-state index < -0.39 is 11.6 Å². The topological polar surface area (TPSA) is 12.0 Å². The minimum Gasteiger partial charge on any atom is -0.313 e. The maximum Gasteiger partial charge on any atom is 0.159 e. The van der Waals surface area contributed by atoms with Crippen LogP contribution in [0, 0.1) is 11.6 Å². The summed E-state index contributed by atoms with van der Waals surface area (Å²) in [5, 5.41) is 5.54. The van der Waals surface area contributed by atoms with Gasteiger partial charge in [-0.15, -0.1) is 11.3 Å². The molecule has 2 aromatic rings. The van der Waals surface area contributed by atoms with Gasteiger partial charge in [-0.25, -0.2) is 8.78 Å². The third kappa shape index (κ3) is 5.16. The van der Waals surface area contributed by atoms with Gasteiger partial charge in [0.15, 0.2) is 11.6 Å². The molecule has 1 nitrogen and oxygen atoms in total. The molecule has 0 saturated heterocycles. The largest absolute Gasteiger partial charge is 0.313 e. The number of thiophene rings is 1. The van der Waals surface area contributed by atoms with Crippen molar-refractivity contribution in [3.63, 3.8) is 0 Å². The number of nitrogens with one attached hydrogen (secondary N) is 1. The van der Waals surface area contributed by atoms with Crippen LogP contribution in [-0.2, 0) is 12.8 Å². The van der Waals surface area contributed by atoms with Crippen molar-refractivity contribution < 1.29 is 8.78 Å². The highest BCUT2D eigenvalue weighted by Gasteiger charge is 2.13. The van der Waals surface area contributed by atoms with Crippen LogP contribution in [0.4, 0.5) is 8.78 Å². The standard InChI is InChI=1S/C16H18BrF2NS/c1-2-5-20-13(9-14-8-12(17)10-21-14)6-11-3-4-15(18)16(19)7-11/h3-4,7-8,10,13,20H,2,5-6,9H2,1H3. The Morgan fingerprint density at radius 2 is 2.00 bits per heavy atom. The molecule has 0 aliphatic rings. The van der Waals surface area contributed by atoms with E-state index in [1.165, 1.54) is 17.0 Å². The Morgan fingerprint density at radius 1 is 1.19 bits per heavy atom. The summed E-state index contributed by atoms with van der Waals surface area (Å²) < 4.78 is 27.4. The van der Waals surface area contributed by atoms with Gasteiger partial charge in [0.25, 0.3) is 0 Å². The van der Waals surface area contributed by atoms with Gasteiger partial charge in [-0.2, -0.15) is 0 Å². The van der Waals surface area contributed by atoms with Crippen LogP contribution in [0.15, 0.2) is 34.1 Å². The summed E-state index contributed by atoms with van der Waals surface area (Å²) >= 11 is 5.16. The lowest BCUT2D eigenvalue weighted by Crippen LogP contribution is -2.33. The molecule has 1 unspecified atom stereocenters. The van der Waals surface area contributed by atoms with Crippen LogP contribution in [0.25, 0.3) is 0 Å². The fourth-order valence-electron chi connectivity index (χ4n) is 2.22. The van der Waals surface area contributed by atoms with Crippen LogP contribution < -0.4 is 5.32 Å². The van der Waals surface area contributed by atoms with Crippen LogP contribution in [0.3, 0.4) is 0 Å². The van der Waals surface area contributed by atoms with Gasteiger partial charge in [-0.3, -0.25) is 0 Å². The van der Waals surface area contributed by atoms with Gasteiger partial charge in [0.1, 0.15) is 0 Å². The Hall–Kier alpha value is -0.780. The van der Waals surface area contributed by atoms with E-state index in [-0.39, 0.29) is 6.04 Å². The molecule has 1 aromatic heterocycles. The second-order valence-electron chi connectivity index (χ2n) is 5.04. The molecule has 0 fully saturated rings. The third-order valence-electron chi connectivity index (χ3n) is 3.22. The molecule has 21 heavy (non-hydrogen) atoms. The highest BCUT2D eigenvalue weighted by Crippen LogP contribution is 2.22. The fraction of sp³-hybridized carbons (Fsp3) is 0.375. The molecule has 5 heteroatoms. The molecule has 0 aliphatic heterocycles. The molecule has 0 aliphatic carbocycles. The lowest BCUT2D eigenvalue weighted by atomic mass is 10.0. The molecule has 2 rings (SSSR count). The van der Waals surface area contributed by atoms with Crippen LogP contribution in [-0.4, -0.2) is 12.6 Å². The second kappa shape index (κ2) is 8.01. The molecule has 0 saturated carbocycles. The van der Waals surface area contributed by atoms with Crippen molar-refractivity contribution in [3.05, 3.63) is 56.2 Å². The molecule has 1 atom stereocenters. The molecule has 1 N–H and O–H groups in total. The Morgan fingerprint density at radius 3 is 2.62 bits per heavy atom. The summed E-state index contributed by atoms with van der Waals surface area (Å²) in [6.07, 6.45) is 2.62. The molecule has 0 amide bonds. The van der Waals surface area contributed by atoms with Gasteiger partial charge >= 0.3 is 0 Å². The first-order valence-electron chi connectivity index (χ1n) is 6.98. The minimum absolute atomic E-state index is 0.223. The molecular weight excluding hydrogens is 356 g/mol. The quantitative estimate of drug-likeness (QED) is 0.724. The monoisotopic (exact) mass is 373 g/mol. The highest BCUT2D eigenvalue weighted by molar-refractivity contribution is 9.10. The molecule has 0 bridgehead atoms. The lowest BCUT2D eigenvalue weighted by molar-refractivity contribution is 0.493. The summed E-state index contributed by atoms with van der Waals surface area (Å²) in [6, 6.07) is 6.48. The van der Waals surface area contributed by atoms with Gasteiger partial charge in [-0.05, 0) is 65.5 Å². The van der Waals surface area contributed by atoms with Crippen LogP contribution in [0.1, 0.15) is 23.8 Å². The average Bonchev–Trinajstić information content (AvgIpc) is 2.85. The summed E-state index contributed by atoms with van der Waals surface area (Å²) in [4.78, 5) is 1.28. The molecule has 1 heterocycles. The summed E-state index contributed by atoms with van der Waals surface area (Å²) in [5.41, 5.74) is 0.818. The molecule has 1 aromatic carbocycles. The van der Waals surface area contributed by atoms with Gasteiger partial charge in [-0.1, -0.05) is 13.0 Å². The zero-order valence-corrected chi connectivity index (χ0v) is 14.2. The third-order valence-corrected chi connectivity index (χ3v) is 4.94. The van der Waals surface area contributed by atoms with Gasteiger partial charge in [0, 0.05) is 20.8 Å². The zero-order chi connectivity index (χ0) is 15.2. The predicted molar refractivity (Wildman–Crippen MR) is 87.9 cm³/mol. The SMILES string of the molecule is CCCNC(Cc1ccc(F)c(F)c1)Cc1cc(Br)cs1. The average molecular weight is 374 g/mol. The number of halogens is 3. The number of hydrogen-bond donors (Lipinski definition) is 1. The van der Waals surface area contributed by atoms with Crippen molar-refractivity contribution >= 4 is 27.3 Å². The van der Waals surface area contributed by atoms with E-state index in [4.69, 9.17) is 0 Å². The van der Waals surface area contributed by atoms with E-state index in [9.17, 15) is 8.78 Å². The van der Waals surface area contributed by atoms with Crippen molar-refractivity contribution in [1.29, 1.82) is 0 Å². The first-order valence-corrected chi connectivity index (χ1v) is 8.66. The molecule has 0 radical (unpaired) electrons. The van der Waals surface area contributed by atoms with Crippen molar-refractivity contribution in [3.8, 4) is 0 Å². The lowest BCUT2D eigenvalue weighted by Gasteiger charge is -2.18. The number of rotatable bonds is 7. The summed E-state index contributed by atoms with van der Waals surface area (Å²) in [6.45, 7) is 3.03. The molecule has 0 spiro atoms. The van der Waals surface area contributed by atoms with E-state index in [1.807, 2.05) is 0 Å². The van der Waals surface area contributed by atoms with Crippen molar-refractivity contribution in [2.45, 2.75) is 32.2 Å². The fourth-order valence-corrected chi connectivity index (χ4v) is 3.75. The van der Waals surface area contributed by atoms with Crippen LogP contribution in [0.5, 0.6) is 0 Å². The van der Waals surface area contributed by atoms with Crippen LogP contribution in [0.2, 0.25) is 0 Å². The zero-order valence-electron chi connectivity index (χ0n) is 11.8. The Kier molecular flexibility index (Phi) is 6.33. The smallest absolute Gasteiger partial charge is 0.159 e. The van der Waals surface area contributed by atoms with E-state index in [0.29, 0.717) is 6.42 Å². The predicted octanol–water partition coefficient (Wildman–Crippen LogP) is 4.94. The highest BCUT2D eigenvalue weighted by atomic mass is 79.9. The van der Waals surface area contributed by atoms with Crippen molar-refractivity contribution in [2.75, 3.05) is 6.54 Å². The van der Waals surface area contributed by atoms with Crippen LogP contribution >= 0.6 is 27.3 Å². The van der Waals surface area contributed by atoms with Gasteiger partial charge in [0.05, 0.1) is 0 Å². The Bertz CT molecular complexity index is 585. The summed E-state index contributed by atoms with van der Waals surface area (Å²) in [5.74, 6) is -1.57. The van der Waals surface area contributed by atoms with E-state index in [2.05, 4.69) is 39.6 Å². The van der Waals surface area contributed by atoms with Crippen molar-refractivity contribution in [1.82, 2.24) is 5.32 Å². The summed E-state index contributed by atoms with van der Waals surface area (Å²) in [7, 11) is 0. The first-order chi connectivity index (χ1) is 10.1. The van der Waals surface area contributed by atoms with E-state index >= 15 is 0 Å².